The van der Waals surface area contributed by atoms with E-state index in [1.54, 1.807) is 22.3 Å². The molecule has 4 atom stereocenters. The molecule has 0 saturated heterocycles. The van der Waals surface area contributed by atoms with Gasteiger partial charge in [-0.1, -0.05) is 106 Å². The van der Waals surface area contributed by atoms with Gasteiger partial charge in [0.2, 0.25) is 0 Å². The minimum atomic E-state index is -0.0695. The molecule has 0 fully saturated rings. The highest BCUT2D eigenvalue weighted by Crippen LogP contribution is 2.80. The van der Waals surface area contributed by atoms with E-state index in [1.165, 1.54) is 12.3 Å². The van der Waals surface area contributed by atoms with Crippen molar-refractivity contribution in [3.63, 3.8) is 0 Å². The summed E-state index contributed by atoms with van der Waals surface area (Å²) in [6, 6.07) is 18.7. The number of hydrogen-bond acceptors (Lipinski definition) is 0. The number of rotatable bonds is 1. The van der Waals surface area contributed by atoms with Gasteiger partial charge in [-0.15, -0.1) is 0 Å². The highest BCUT2D eigenvalue weighted by Gasteiger charge is 2.50. The van der Waals surface area contributed by atoms with Crippen LogP contribution in [-0.2, 0) is 12.3 Å². The second-order valence-electron chi connectivity index (χ2n) is 9.88. The van der Waals surface area contributed by atoms with Gasteiger partial charge in [0, 0.05) is 11.3 Å². The fourth-order valence-electron chi connectivity index (χ4n) is 4.82. The molecule has 2 aliphatic rings. The van der Waals surface area contributed by atoms with Crippen molar-refractivity contribution in [2.75, 3.05) is 0 Å². The Morgan fingerprint density at radius 3 is 1.31 bits per heavy atom. The van der Waals surface area contributed by atoms with Crippen LogP contribution in [0.4, 0.5) is 0 Å². The minimum absolute atomic E-state index is 0.0695. The zero-order chi connectivity index (χ0) is 18.7. The molecule has 2 aliphatic heterocycles. The van der Waals surface area contributed by atoms with Crippen LogP contribution in [0.3, 0.4) is 0 Å². The molecule has 2 aromatic rings. The Kier molecular flexibility index (Phi) is 4.61. The van der Waals surface area contributed by atoms with Crippen molar-refractivity contribution in [2.24, 2.45) is 0 Å². The number of benzene rings is 2. The molecule has 0 aromatic heterocycles. The Morgan fingerprint density at radius 1 is 0.615 bits per heavy atom. The maximum atomic E-state index is 2.48. The summed E-state index contributed by atoms with van der Waals surface area (Å²) in [5.74, 6) is 0. The van der Waals surface area contributed by atoms with Gasteiger partial charge in [0.1, 0.15) is 0 Å². The molecular formula is C24H32P2. The summed E-state index contributed by atoms with van der Waals surface area (Å²) < 4.78 is 0. The standard InChI is InChI=1S/C24H32P2/c1-23(2,3)25-15-17-11-7-9-13-19(17)21(25)22-20-14-10-8-12-18(20)16-26(22)24(4,5)6/h7-14,21-22H,15-16H2,1-6H3/t21-,22-,25-,26-/m1/s1. The Morgan fingerprint density at radius 2 is 0.962 bits per heavy atom. The van der Waals surface area contributed by atoms with E-state index < -0.39 is 0 Å². The maximum absolute atomic E-state index is 2.48. The Labute approximate surface area is 162 Å². The zero-order valence-electron chi connectivity index (χ0n) is 17.1. The Balaban J connectivity index is 1.89. The molecule has 0 saturated carbocycles. The third-order valence-electron chi connectivity index (χ3n) is 6.12. The van der Waals surface area contributed by atoms with Crippen LogP contribution >= 0.6 is 15.8 Å². The van der Waals surface area contributed by atoms with Crippen LogP contribution in [0.25, 0.3) is 0 Å². The second-order valence-corrected chi connectivity index (χ2v) is 16.2. The molecular weight excluding hydrogens is 350 g/mol. The van der Waals surface area contributed by atoms with Crippen LogP contribution in [0, 0.1) is 0 Å². The molecule has 26 heavy (non-hydrogen) atoms. The summed E-state index contributed by atoms with van der Waals surface area (Å²) in [7, 11) is -0.139. The third kappa shape index (κ3) is 3.08. The molecule has 2 heteroatoms. The van der Waals surface area contributed by atoms with Gasteiger partial charge >= 0.3 is 0 Å². The average Bonchev–Trinajstić information content (AvgIpc) is 3.12. The highest BCUT2D eigenvalue weighted by molar-refractivity contribution is 7.63. The van der Waals surface area contributed by atoms with E-state index in [1.807, 2.05) is 0 Å². The minimum Gasteiger partial charge on any atom is -0.0880 e. The van der Waals surface area contributed by atoms with E-state index in [0.29, 0.717) is 10.3 Å². The van der Waals surface area contributed by atoms with Gasteiger partial charge in [-0.05, 0) is 44.9 Å². The van der Waals surface area contributed by atoms with E-state index in [9.17, 15) is 0 Å². The lowest BCUT2D eigenvalue weighted by atomic mass is 9.98. The van der Waals surface area contributed by atoms with Crippen LogP contribution in [0.15, 0.2) is 48.5 Å². The van der Waals surface area contributed by atoms with Gasteiger partial charge < -0.3 is 0 Å². The largest absolute Gasteiger partial charge is 0.0880 e. The summed E-state index contributed by atoms with van der Waals surface area (Å²) in [5.41, 5.74) is 8.07. The fourth-order valence-corrected chi connectivity index (χ4v) is 12.3. The van der Waals surface area contributed by atoms with Gasteiger partial charge in [-0.2, -0.15) is 0 Å². The van der Waals surface area contributed by atoms with Gasteiger partial charge in [0.15, 0.2) is 0 Å². The maximum Gasteiger partial charge on any atom is 0.0161 e. The van der Waals surface area contributed by atoms with E-state index in [4.69, 9.17) is 0 Å². The summed E-state index contributed by atoms with van der Waals surface area (Å²) in [6.07, 6.45) is 2.62. The predicted octanol–water partition coefficient (Wildman–Crippen LogP) is 8.06. The van der Waals surface area contributed by atoms with Gasteiger partial charge in [-0.3, -0.25) is 0 Å². The Hall–Kier alpha value is -0.700. The fraction of sp³-hybridized carbons (Fsp3) is 0.500. The van der Waals surface area contributed by atoms with Crippen molar-refractivity contribution in [1.82, 2.24) is 0 Å². The number of hydrogen-bond donors (Lipinski definition) is 0. The summed E-state index contributed by atoms with van der Waals surface area (Å²) in [6.45, 7) is 14.9. The van der Waals surface area contributed by atoms with Gasteiger partial charge in [-0.25, -0.2) is 0 Å². The first-order chi connectivity index (χ1) is 12.2. The van der Waals surface area contributed by atoms with E-state index >= 15 is 0 Å². The van der Waals surface area contributed by atoms with Gasteiger partial charge in [0.05, 0.1) is 0 Å². The first-order valence-electron chi connectivity index (χ1n) is 9.87. The molecule has 0 amide bonds. The molecule has 0 nitrogen and oxygen atoms in total. The zero-order valence-corrected chi connectivity index (χ0v) is 18.9. The Bertz CT molecular complexity index is 740. The van der Waals surface area contributed by atoms with E-state index in [-0.39, 0.29) is 15.8 Å². The van der Waals surface area contributed by atoms with Crippen LogP contribution in [0.1, 0.15) is 75.1 Å². The van der Waals surface area contributed by atoms with Crippen molar-refractivity contribution in [1.29, 1.82) is 0 Å². The summed E-state index contributed by atoms with van der Waals surface area (Å²) in [5, 5.41) is 0.797. The first-order valence-corrected chi connectivity index (χ1v) is 13.1. The lowest BCUT2D eigenvalue weighted by molar-refractivity contribution is 0.736. The van der Waals surface area contributed by atoms with Crippen molar-refractivity contribution in [3.05, 3.63) is 70.8 Å². The van der Waals surface area contributed by atoms with Crippen LogP contribution in [0.2, 0.25) is 0 Å². The van der Waals surface area contributed by atoms with Crippen LogP contribution < -0.4 is 0 Å². The summed E-state index contributed by atoms with van der Waals surface area (Å²) >= 11 is 0. The molecule has 0 unspecified atom stereocenters. The molecule has 0 bridgehead atoms. The SMILES string of the molecule is CC(C)(C)[P@]1Cc2ccccc2[C@@H]1[C@H]1c2ccccc2C[P@@]1C(C)(C)C. The third-order valence-corrected chi connectivity index (χ3v) is 13.7. The van der Waals surface area contributed by atoms with Crippen LogP contribution in [-0.4, -0.2) is 10.3 Å². The predicted molar refractivity (Wildman–Crippen MR) is 119 cm³/mol. The highest BCUT2D eigenvalue weighted by atomic mass is 31.1. The second kappa shape index (κ2) is 6.43. The normalized spacial score (nSPS) is 28.1. The monoisotopic (exact) mass is 382 g/mol. The lowest BCUT2D eigenvalue weighted by Gasteiger charge is -2.42. The van der Waals surface area contributed by atoms with Crippen LogP contribution in [0.5, 0.6) is 0 Å². The smallest absolute Gasteiger partial charge is 0.0161 e. The molecule has 4 rings (SSSR count). The first kappa shape index (κ1) is 18.7. The number of fused-ring (bicyclic) bond motifs is 2. The molecule has 0 aliphatic carbocycles. The van der Waals surface area contributed by atoms with Crippen molar-refractivity contribution in [2.45, 2.75) is 75.5 Å². The molecule has 0 N–H and O–H groups in total. The molecule has 2 heterocycles. The molecule has 138 valence electrons. The van der Waals surface area contributed by atoms with E-state index in [2.05, 4.69) is 90.1 Å². The van der Waals surface area contributed by atoms with Crippen molar-refractivity contribution in [3.8, 4) is 0 Å². The molecule has 0 spiro atoms. The molecule has 2 aromatic carbocycles. The average molecular weight is 382 g/mol. The van der Waals surface area contributed by atoms with E-state index in [0.717, 1.165) is 11.3 Å². The quantitative estimate of drug-likeness (QED) is 0.438. The van der Waals surface area contributed by atoms with Crippen molar-refractivity contribution >= 4 is 15.8 Å². The molecule has 0 radical (unpaired) electrons. The van der Waals surface area contributed by atoms with Gasteiger partial charge in [0.25, 0.3) is 0 Å². The lowest BCUT2D eigenvalue weighted by Crippen LogP contribution is -2.20. The van der Waals surface area contributed by atoms with Crippen molar-refractivity contribution < 1.29 is 0 Å². The topological polar surface area (TPSA) is 0 Å². The summed E-state index contributed by atoms with van der Waals surface area (Å²) in [4.78, 5) is 0.